The molecule has 0 amide bonds. The van der Waals surface area contributed by atoms with E-state index in [1.165, 1.54) is 22.3 Å². The van der Waals surface area contributed by atoms with Gasteiger partial charge in [-0.2, -0.15) is 0 Å². The molecule has 29 heavy (non-hydrogen) atoms. The van der Waals surface area contributed by atoms with E-state index in [4.69, 9.17) is 11.5 Å². The fourth-order valence-corrected chi connectivity index (χ4v) is 3.70. The number of benzene rings is 2. The van der Waals surface area contributed by atoms with Crippen LogP contribution in [0.25, 0.3) is 0 Å². The summed E-state index contributed by atoms with van der Waals surface area (Å²) >= 11 is 0. The number of hydrogen-bond donors (Lipinski definition) is 2. The Morgan fingerprint density at radius 1 is 0.586 bits per heavy atom. The summed E-state index contributed by atoms with van der Waals surface area (Å²) in [6.07, 6.45) is 2.21. The predicted octanol–water partition coefficient (Wildman–Crippen LogP) is 7.08. The van der Waals surface area contributed by atoms with Crippen molar-refractivity contribution >= 4 is 0 Å². The molecule has 4 N–H and O–H groups in total. The number of hydrogen-bond acceptors (Lipinski definition) is 2. The van der Waals surface area contributed by atoms with Gasteiger partial charge in [-0.15, -0.1) is 0 Å². The molecule has 0 bridgehead atoms. The Kier molecular flexibility index (Phi) is 7.70. The maximum absolute atomic E-state index is 6.90. The van der Waals surface area contributed by atoms with Gasteiger partial charge in [-0.25, -0.2) is 0 Å². The fourth-order valence-electron chi connectivity index (χ4n) is 3.70. The monoisotopic (exact) mass is 394 g/mol. The molecule has 2 heteroatoms. The number of rotatable bonds is 8. The lowest BCUT2D eigenvalue weighted by molar-refractivity contribution is 0.560. The van der Waals surface area contributed by atoms with Gasteiger partial charge in [0.25, 0.3) is 0 Å². The highest BCUT2D eigenvalue weighted by atomic mass is 15.0. The van der Waals surface area contributed by atoms with Crippen LogP contribution in [0.5, 0.6) is 0 Å². The zero-order valence-electron chi connectivity index (χ0n) is 19.8. The van der Waals surface area contributed by atoms with Crippen LogP contribution in [-0.4, -0.2) is 0 Å². The van der Waals surface area contributed by atoms with Gasteiger partial charge in [0.2, 0.25) is 0 Å². The van der Waals surface area contributed by atoms with Gasteiger partial charge in [-0.3, -0.25) is 0 Å². The van der Waals surface area contributed by atoms with Gasteiger partial charge in [0.15, 0.2) is 0 Å². The predicted molar refractivity (Wildman–Crippen MR) is 128 cm³/mol. The molecule has 0 aliphatic heterocycles. The molecule has 0 radical (unpaired) electrons. The van der Waals surface area contributed by atoms with Crippen LogP contribution >= 0.6 is 0 Å². The van der Waals surface area contributed by atoms with Gasteiger partial charge in [0.05, 0.1) is 0 Å². The van der Waals surface area contributed by atoms with Crippen LogP contribution in [0.15, 0.2) is 36.4 Å². The van der Waals surface area contributed by atoms with Gasteiger partial charge in [-0.1, -0.05) is 91.8 Å². The normalized spacial score (nSPS) is 14.5. The van der Waals surface area contributed by atoms with E-state index in [1.54, 1.807) is 0 Å². The molecule has 0 aromatic heterocycles. The Morgan fingerprint density at radius 2 is 0.897 bits per heavy atom. The fraction of sp³-hybridized carbons (Fsp3) is 0.556. The first-order valence-corrected chi connectivity index (χ1v) is 11.4. The Morgan fingerprint density at radius 3 is 1.21 bits per heavy atom. The van der Waals surface area contributed by atoms with Gasteiger partial charge in [-0.05, 0) is 69.9 Å². The molecule has 2 aromatic rings. The molecule has 0 aliphatic carbocycles. The van der Waals surface area contributed by atoms with E-state index in [1.807, 2.05) is 0 Å². The summed E-state index contributed by atoms with van der Waals surface area (Å²) in [7, 11) is 0. The van der Waals surface area contributed by atoms with Gasteiger partial charge in [0, 0.05) is 0 Å². The zero-order valence-corrected chi connectivity index (χ0v) is 19.8. The van der Waals surface area contributed by atoms with Crippen LogP contribution in [0.2, 0.25) is 0 Å². The molecule has 2 rings (SSSR count). The second-order valence-electron chi connectivity index (χ2n) is 9.57. The van der Waals surface area contributed by atoms with Crippen LogP contribution in [0.3, 0.4) is 0 Å². The van der Waals surface area contributed by atoms with E-state index in [9.17, 15) is 0 Å². The van der Waals surface area contributed by atoms with Crippen molar-refractivity contribution < 1.29 is 0 Å². The smallest absolute Gasteiger partial charge is 0.116 e. The van der Waals surface area contributed by atoms with Crippen molar-refractivity contribution in [3.05, 3.63) is 69.8 Å². The Labute approximate surface area is 179 Å². The third-order valence-electron chi connectivity index (χ3n) is 6.61. The summed E-state index contributed by atoms with van der Waals surface area (Å²) in [6.45, 7) is 17.9. The van der Waals surface area contributed by atoms with E-state index < -0.39 is 5.66 Å². The minimum atomic E-state index is -1.01. The van der Waals surface area contributed by atoms with Crippen LogP contribution in [0, 0.1) is 0 Å². The highest BCUT2D eigenvalue weighted by Crippen LogP contribution is 2.34. The lowest BCUT2D eigenvalue weighted by atomic mass is 9.82. The average molecular weight is 395 g/mol. The molecule has 0 saturated carbocycles. The van der Waals surface area contributed by atoms with Crippen molar-refractivity contribution in [1.82, 2.24) is 0 Å². The standard InChI is InChI=1S/C27H42N2/c1-9-19(7)23-12-24(20(8)10-2)16-26(15-23)27(28,29)25-13-21(17(3)4)11-22(14-25)18(5)6/h11-20H,9-10,28-29H2,1-8H3. The molecule has 0 saturated heterocycles. The number of nitrogens with two attached hydrogens (primary N) is 2. The quantitative estimate of drug-likeness (QED) is 0.470. The summed E-state index contributed by atoms with van der Waals surface area (Å²) < 4.78 is 0. The molecular formula is C27H42N2. The summed E-state index contributed by atoms with van der Waals surface area (Å²) in [4.78, 5) is 0. The van der Waals surface area contributed by atoms with Crippen LogP contribution in [0.4, 0.5) is 0 Å². The third kappa shape index (κ3) is 5.29. The van der Waals surface area contributed by atoms with Crippen molar-refractivity contribution in [3.8, 4) is 0 Å². The van der Waals surface area contributed by atoms with Gasteiger partial charge < -0.3 is 11.5 Å². The van der Waals surface area contributed by atoms with Crippen molar-refractivity contribution in [3.63, 3.8) is 0 Å². The van der Waals surface area contributed by atoms with E-state index in [-0.39, 0.29) is 0 Å². The minimum absolute atomic E-state index is 0.436. The topological polar surface area (TPSA) is 52.0 Å². The van der Waals surface area contributed by atoms with Crippen LogP contribution in [0.1, 0.15) is 125 Å². The lowest BCUT2D eigenvalue weighted by Gasteiger charge is -2.30. The largest absolute Gasteiger partial charge is 0.306 e. The van der Waals surface area contributed by atoms with E-state index in [2.05, 4.69) is 91.8 Å². The maximum atomic E-state index is 6.90. The average Bonchev–Trinajstić information content (AvgIpc) is 2.71. The third-order valence-corrected chi connectivity index (χ3v) is 6.61. The Balaban J connectivity index is 2.68. The molecule has 0 heterocycles. The Bertz CT molecular complexity index is 763. The SMILES string of the molecule is CCC(C)c1cc(C(C)CC)cc(C(N)(N)c2cc(C(C)C)cc(C(C)C)c2)c1. The second-order valence-corrected chi connectivity index (χ2v) is 9.57. The van der Waals surface area contributed by atoms with Crippen molar-refractivity contribution in [2.75, 3.05) is 0 Å². The molecule has 160 valence electrons. The van der Waals surface area contributed by atoms with Gasteiger partial charge in [0.1, 0.15) is 5.66 Å². The molecule has 2 aromatic carbocycles. The van der Waals surface area contributed by atoms with E-state index in [0.717, 1.165) is 24.0 Å². The molecule has 2 atom stereocenters. The molecule has 0 aliphatic rings. The first-order chi connectivity index (χ1) is 13.5. The molecule has 2 unspecified atom stereocenters. The lowest BCUT2D eigenvalue weighted by Crippen LogP contribution is -2.47. The summed E-state index contributed by atoms with van der Waals surface area (Å²) in [5, 5.41) is 0. The minimum Gasteiger partial charge on any atom is -0.306 e. The van der Waals surface area contributed by atoms with Crippen molar-refractivity contribution in [2.24, 2.45) is 11.5 Å². The van der Waals surface area contributed by atoms with E-state index >= 15 is 0 Å². The van der Waals surface area contributed by atoms with E-state index in [0.29, 0.717) is 23.7 Å². The van der Waals surface area contributed by atoms with Crippen molar-refractivity contribution in [2.45, 2.75) is 97.6 Å². The molecule has 0 fully saturated rings. The first kappa shape index (κ1) is 23.6. The molecular weight excluding hydrogens is 352 g/mol. The molecule has 2 nitrogen and oxygen atoms in total. The highest BCUT2D eigenvalue weighted by Gasteiger charge is 2.28. The zero-order chi connectivity index (χ0) is 21.9. The first-order valence-electron chi connectivity index (χ1n) is 11.4. The maximum Gasteiger partial charge on any atom is 0.116 e. The van der Waals surface area contributed by atoms with Crippen LogP contribution < -0.4 is 11.5 Å². The summed E-state index contributed by atoms with van der Waals surface area (Å²) in [5.41, 5.74) is 20.1. The highest BCUT2D eigenvalue weighted by molar-refractivity contribution is 5.46. The van der Waals surface area contributed by atoms with Gasteiger partial charge >= 0.3 is 0 Å². The van der Waals surface area contributed by atoms with Crippen molar-refractivity contribution in [1.29, 1.82) is 0 Å². The summed E-state index contributed by atoms with van der Waals surface area (Å²) in [6, 6.07) is 13.5. The second kappa shape index (κ2) is 9.45. The Hall–Kier alpha value is -1.64. The molecule has 0 spiro atoms. The summed E-state index contributed by atoms with van der Waals surface area (Å²) in [5.74, 6) is 1.85. The van der Waals surface area contributed by atoms with Crippen LogP contribution in [-0.2, 0) is 5.66 Å².